The van der Waals surface area contributed by atoms with Crippen LogP contribution in [0.3, 0.4) is 0 Å². The Balaban J connectivity index is 0.835. The lowest BCUT2D eigenvalue weighted by Gasteiger charge is -2.46. The highest BCUT2D eigenvalue weighted by atomic mass is 15.2. The highest BCUT2D eigenvalue weighted by Gasteiger charge is 2.58. The zero-order chi connectivity index (χ0) is 70.7. The number of fused-ring (bicyclic) bond motifs is 38. The SMILES string of the molecule is c1ccc(-c2ccc(N3c4cc5c(cc4B4c6c3cc(-n3c7ccccc7c7ccccc73)cc6N(c3ccc6c(c3)-c3ccccc3C63c6ccccc6-c6ccccc63)c3ccc6c(c34)-c3ccccc3C63c4ccccc4-c4ccccc43)-c3ccccc3C53c4ccccc4-c4ccccc43)cc2)cc1. The monoisotopic (exact) mass is 1380 g/mol. The highest BCUT2D eigenvalue weighted by Crippen LogP contribution is 2.68. The van der Waals surface area contributed by atoms with Crippen LogP contribution in [-0.2, 0) is 16.2 Å². The van der Waals surface area contributed by atoms with Gasteiger partial charge in [0.25, 0.3) is 6.71 Å². The molecule has 500 valence electrons. The third kappa shape index (κ3) is 6.96. The molecule has 3 nitrogen and oxygen atoms in total. The number of rotatable bonds is 4. The summed E-state index contributed by atoms with van der Waals surface area (Å²) >= 11 is 0. The van der Waals surface area contributed by atoms with Crippen molar-refractivity contribution in [1.82, 2.24) is 4.57 Å². The predicted molar refractivity (Wildman–Crippen MR) is 449 cm³/mol. The zero-order valence-corrected chi connectivity index (χ0v) is 59.2. The van der Waals surface area contributed by atoms with E-state index in [4.69, 9.17) is 0 Å². The Labute approximate surface area is 631 Å². The van der Waals surface area contributed by atoms with Gasteiger partial charge in [-0.3, -0.25) is 0 Å². The molecule has 3 spiro atoms. The highest BCUT2D eigenvalue weighted by molar-refractivity contribution is 7.01. The number of nitrogens with zero attached hydrogens (tertiary/aromatic N) is 3. The summed E-state index contributed by atoms with van der Waals surface area (Å²) in [4.78, 5) is 5.42. The summed E-state index contributed by atoms with van der Waals surface area (Å²) in [6, 6.07) is 146. The molecule has 0 amide bonds. The number of para-hydroxylation sites is 2. The van der Waals surface area contributed by atoms with Gasteiger partial charge in [0.05, 0.1) is 33.0 Å². The molecule has 0 fully saturated rings. The Bertz CT molecular complexity index is 6960. The lowest BCUT2D eigenvalue weighted by atomic mass is 9.32. The molecule has 0 saturated carbocycles. The molecule has 6 aliphatic carbocycles. The summed E-state index contributed by atoms with van der Waals surface area (Å²) in [5, 5.41) is 2.44. The Morgan fingerprint density at radius 3 is 1.04 bits per heavy atom. The van der Waals surface area contributed by atoms with Crippen LogP contribution in [0, 0.1) is 0 Å². The van der Waals surface area contributed by atoms with E-state index in [0.29, 0.717) is 0 Å². The van der Waals surface area contributed by atoms with Gasteiger partial charge in [-0.25, -0.2) is 0 Å². The van der Waals surface area contributed by atoms with Crippen molar-refractivity contribution in [2.24, 2.45) is 0 Å². The van der Waals surface area contributed by atoms with E-state index in [1.54, 1.807) is 0 Å². The van der Waals surface area contributed by atoms with Crippen LogP contribution >= 0.6 is 0 Å². The zero-order valence-electron chi connectivity index (χ0n) is 59.2. The van der Waals surface area contributed by atoms with E-state index in [2.05, 4.69) is 390 Å². The van der Waals surface area contributed by atoms with Crippen molar-refractivity contribution in [1.29, 1.82) is 0 Å². The quantitative estimate of drug-likeness (QED) is 0.163. The van der Waals surface area contributed by atoms with Crippen LogP contribution in [0.5, 0.6) is 0 Å². The summed E-state index contributed by atoms with van der Waals surface area (Å²) in [6.07, 6.45) is 0. The first-order valence-electron chi connectivity index (χ1n) is 38.4. The van der Waals surface area contributed by atoms with Crippen molar-refractivity contribution < 1.29 is 0 Å². The average molecular weight is 1380 g/mol. The molecular formula is C105H62BN3. The van der Waals surface area contributed by atoms with E-state index < -0.39 is 16.2 Å². The van der Waals surface area contributed by atoms with Gasteiger partial charge < -0.3 is 14.4 Å². The van der Waals surface area contributed by atoms with Gasteiger partial charge in [0.2, 0.25) is 0 Å². The first kappa shape index (κ1) is 58.5. The molecule has 8 aliphatic rings. The van der Waals surface area contributed by atoms with Crippen molar-refractivity contribution >= 4 is 79.0 Å². The van der Waals surface area contributed by atoms with E-state index in [-0.39, 0.29) is 6.71 Å². The van der Waals surface area contributed by atoms with Crippen molar-refractivity contribution in [2.45, 2.75) is 16.2 Å². The molecule has 18 aromatic rings. The minimum absolute atomic E-state index is 0.301. The molecule has 109 heavy (non-hydrogen) atoms. The smallest absolute Gasteiger partial charge is 0.252 e. The number of benzene rings is 17. The van der Waals surface area contributed by atoms with Crippen LogP contribution in [-0.4, -0.2) is 11.3 Å². The van der Waals surface area contributed by atoms with E-state index in [0.717, 1.165) is 39.5 Å². The minimum Gasteiger partial charge on any atom is -0.311 e. The van der Waals surface area contributed by atoms with E-state index in [1.165, 1.54) is 183 Å². The lowest BCUT2D eigenvalue weighted by molar-refractivity contribution is 0.793. The van der Waals surface area contributed by atoms with Crippen molar-refractivity contribution in [2.75, 3.05) is 9.80 Å². The van der Waals surface area contributed by atoms with Gasteiger partial charge in [0.1, 0.15) is 0 Å². The molecule has 1 aromatic heterocycles. The van der Waals surface area contributed by atoms with Gasteiger partial charge in [0, 0.05) is 44.9 Å². The Morgan fingerprint density at radius 1 is 0.202 bits per heavy atom. The maximum absolute atomic E-state index is 2.72. The van der Waals surface area contributed by atoms with Crippen molar-refractivity contribution in [3.05, 3.63) is 443 Å². The second-order valence-electron chi connectivity index (χ2n) is 31.1. The Morgan fingerprint density at radius 2 is 0.550 bits per heavy atom. The average Bonchev–Trinajstić information content (AvgIpc) is 1.60. The van der Waals surface area contributed by atoms with E-state index in [9.17, 15) is 0 Å². The normalized spacial score (nSPS) is 15.0. The predicted octanol–water partition coefficient (Wildman–Crippen LogP) is 23.6. The molecule has 2 aliphatic heterocycles. The minimum atomic E-state index is -0.613. The van der Waals surface area contributed by atoms with Crippen LogP contribution in [0.15, 0.2) is 376 Å². The topological polar surface area (TPSA) is 11.4 Å². The maximum atomic E-state index is 2.72. The first-order chi connectivity index (χ1) is 54.1. The molecule has 26 rings (SSSR count). The van der Waals surface area contributed by atoms with Gasteiger partial charge in [-0.2, -0.15) is 0 Å². The number of anilines is 6. The standard InChI is InChI=1S/C105H62BN3/c1-2-26-63(27-3-1)64-50-52-65(53-51-64)107-97-62-92-80(75-35-11-22-46-88(75)105(92)85-43-19-8-32-72(85)73-33-9-20-44-86(73)105)61-93(97)106-101-98(107)59-67(109-94-48-24-13-36-76(94)77-37-14-25-49-95(77)109)60-99(101)108(66-54-55-90-79(58-66)74-34-10-21-45-87(74)103(90)81-39-15-4-28-68(81)69-29-5-16-40-82(69)103)96-57-56-91-100(102(96)106)78-38-12-23-47-89(78)104(91)83-41-17-6-30-70(83)71-31-7-18-42-84(71)104/h1-62H. The molecule has 0 saturated heterocycles. The Kier molecular flexibility index (Phi) is 11.2. The first-order valence-corrected chi connectivity index (χ1v) is 38.4. The molecular weight excluding hydrogens is 1310 g/mol. The van der Waals surface area contributed by atoms with Crippen LogP contribution < -0.4 is 26.2 Å². The van der Waals surface area contributed by atoms with Gasteiger partial charge >= 0.3 is 0 Å². The molecule has 3 heterocycles. The fraction of sp³-hybridized carbons (Fsp3) is 0.0286. The fourth-order valence-corrected chi connectivity index (χ4v) is 22.8. The summed E-state index contributed by atoms with van der Waals surface area (Å²) in [7, 11) is 0. The van der Waals surface area contributed by atoms with Crippen LogP contribution in [0.25, 0.3) is 105 Å². The molecule has 0 unspecified atom stereocenters. The van der Waals surface area contributed by atoms with E-state index in [1.807, 2.05) is 0 Å². The van der Waals surface area contributed by atoms with Gasteiger partial charge in [-0.15, -0.1) is 0 Å². The molecule has 0 N–H and O–H groups in total. The van der Waals surface area contributed by atoms with Crippen molar-refractivity contribution in [3.63, 3.8) is 0 Å². The van der Waals surface area contributed by atoms with E-state index >= 15 is 0 Å². The molecule has 0 bridgehead atoms. The summed E-state index contributed by atoms with van der Waals surface area (Å²) < 4.78 is 2.56. The number of hydrogen-bond acceptors (Lipinski definition) is 2. The maximum Gasteiger partial charge on any atom is 0.252 e. The second-order valence-corrected chi connectivity index (χ2v) is 31.1. The van der Waals surface area contributed by atoms with Gasteiger partial charge in [-0.05, 0) is 222 Å². The third-order valence-corrected chi connectivity index (χ3v) is 26.6. The fourth-order valence-electron chi connectivity index (χ4n) is 22.8. The Hall–Kier alpha value is -13.8. The van der Waals surface area contributed by atoms with Crippen molar-refractivity contribution in [3.8, 4) is 83.6 Å². The molecule has 0 radical (unpaired) electrons. The summed E-state index contributed by atoms with van der Waals surface area (Å²) in [6.45, 7) is -0.301. The molecule has 4 heteroatoms. The number of hydrogen-bond donors (Lipinski definition) is 0. The summed E-state index contributed by atoms with van der Waals surface area (Å²) in [5.41, 5.74) is 46.1. The number of aromatic nitrogens is 1. The molecule has 0 atom stereocenters. The van der Waals surface area contributed by atoms with Gasteiger partial charge in [-0.1, -0.05) is 315 Å². The van der Waals surface area contributed by atoms with Gasteiger partial charge in [0.15, 0.2) is 0 Å². The second kappa shape index (κ2) is 20.8. The van der Waals surface area contributed by atoms with Crippen LogP contribution in [0.1, 0.15) is 66.8 Å². The van der Waals surface area contributed by atoms with Crippen LogP contribution in [0.4, 0.5) is 34.1 Å². The third-order valence-electron chi connectivity index (χ3n) is 26.6. The van der Waals surface area contributed by atoms with Crippen LogP contribution in [0.2, 0.25) is 0 Å². The lowest BCUT2D eigenvalue weighted by Crippen LogP contribution is -2.62. The molecule has 17 aromatic carbocycles. The summed E-state index contributed by atoms with van der Waals surface area (Å²) in [5.74, 6) is 0. The largest absolute Gasteiger partial charge is 0.311 e.